The van der Waals surface area contributed by atoms with Crippen LogP contribution in [0.25, 0.3) is 0 Å². The van der Waals surface area contributed by atoms with Gasteiger partial charge in [-0.1, -0.05) is 33.1 Å². The molecule has 0 aromatic heterocycles. The summed E-state index contributed by atoms with van der Waals surface area (Å²) >= 11 is 0. The second-order valence-corrected chi connectivity index (χ2v) is 6.79. The highest BCUT2D eigenvalue weighted by Crippen LogP contribution is 2.38. The van der Waals surface area contributed by atoms with Gasteiger partial charge in [-0.15, -0.1) is 0 Å². The third-order valence-electron chi connectivity index (χ3n) is 5.80. The Kier molecular flexibility index (Phi) is 5.27. The molecule has 1 aliphatic carbocycles. The van der Waals surface area contributed by atoms with Gasteiger partial charge in [-0.2, -0.15) is 0 Å². The minimum atomic E-state index is 0.313. The summed E-state index contributed by atoms with van der Waals surface area (Å²) in [5.74, 6) is 0.900. The van der Waals surface area contributed by atoms with Crippen LogP contribution in [-0.4, -0.2) is 54.6 Å². The average molecular weight is 267 g/mol. The quantitative estimate of drug-likeness (QED) is 0.848. The van der Waals surface area contributed by atoms with Crippen molar-refractivity contribution in [3.63, 3.8) is 0 Å². The molecule has 2 rings (SSSR count). The Morgan fingerprint density at radius 3 is 2.63 bits per heavy atom. The van der Waals surface area contributed by atoms with Gasteiger partial charge in [0.05, 0.1) is 0 Å². The van der Waals surface area contributed by atoms with E-state index >= 15 is 0 Å². The highest BCUT2D eigenvalue weighted by atomic mass is 15.3. The summed E-state index contributed by atoms with van der Waals surface area (Å²) in [5.41, 5.74) is 6.57. The van der Waals surface area contributed by atoms with E-state index in [4.69, 9.17) is 5.73 Å². The molecule has 1 saturated heterocycles. The van der Waals surface area contributed by atoms with E-state index in [2.05, 4.69) is 30.7 Å². The van der Waals surface area contributed by atoms with Crippen molar-refractivity contribution in [2.75, 3.05) is 33.2 Å². The summed E-state index contributed by atoms with van der Waals surface area (Å²) in [6.45, 7) is 9.15. The van der Waals surface area contributed by atoms with Crippen LogP contribution in [0.1, 0.15) is 52.4 Å². The molecule has 0 amide bonds. The fourth-order valence-corrected chi connectivity index (χ4v) is 4.23. The monoisotopic (exact) mass is 267 g/mol. The summed E-state index contributed by atoms with van der Waals surface area (Å²) in [6.07, 6.45) is 8.03. The van der Waals surface area contributed by atoms with Crippen LogP contribution in [0.15, 0.2) is 0 Å². The van der Waals surface area contributed by atoms with Gasteiger partial charge in [0.25, 0.3) is 0 Å². The SMILES string of the molecule is CCC1CCCC(CN)(N2CCN(C)C(CC)C2)C1. The van der Waals surface area contributed by atoms with Gasteiger partial charge in [-0.25, -0.2) is 0 Å². The number of hydrogen-bond donors (Lipinski definition) is 1. The van der Waals surface area contributed by atoms with Crippen LogP contribution >= 0.6 is 0 Å². The normalized spacial score (nSPS) is 38.5. The van der Waals surface area contributed by atoms with Crippen molar-refractivity contribution in [2.45, 2.75) is 64.0 Å². The van der Waals surface area contributed by atoms with E-state index in [0.29, 0.717) is 5.54 Å². The summed E-state index contributed by atoms with van der Waals surface area (Å²) in [7, 11) is 2.27. The van der Waals surface area contributed by atoms with Crippen LogP contribution < -0.4 is 5.73 Å². The highest BCUT2D eigenvalue weighted by Gasteiger charge is 2.41. The van der Waals surface area contributed by atoms with Gasteiger partial charge in [0.2, 0.25) is 0 Å². The molecule has 2 N–H and O–H groups in total. The lowest BCUT2D eigenvalue weighted by Gasteiger charge is -2.52. The van der Waals surface area contributed by atoms with E-state index in [1.165, 1.54) is 58.2 Å². The van der Waals surface area contributed by atoms with Crippen molar-refractivity contribution in [2.24, 2.45) is 11.7 Å². The summed E-state index contributed by atoms with van der Waals surface area (Å²) in [6, 6.07) is 0.721. The van der Waals surface area contributed by atoms with Crippen LogP contribution in [0, 0.1) is 5.92 Å². The van der Waals surface area contributed by atoms with Crippen LogP contribution in [0.4, 0.5) is 0 Å². The van der Waals surface area contributed by atoms with Crippen LogP contribution in [0.2, 0.25) is 0 Å². The Balaban J connectivity index is 2.08. The van der Waals surface area contributed by atoms with Gasteiger partial charge in [-0.3, -0.25) is 4.90 Å². The molecule has 3 nitrogen and oxygen atoms in total. The maximum atomic E-state index is 6.25. The number of likely N-dealkylation sites (N-methyl/N-ethyl adjacent to an activating group) is 1. The van der Waals surface area contributed by atoms with Crippen molar-refractivity contribution in [1.82, 2.24) is 9.80 Å². The Morgan fingerprint density at radius 2 is 2.00 bits per heavy atom. The minimum Gasteiger partial charge on any atom is -0.329 e. The second-order valence-electron chi connectivity index (χ2n) is 6.79. The van der Waals surface area contributed by atoms with Crippen molar-refractivity contribution in [3.05, 3.63) is 0 Å². The molecule has 3 unspecified atom stereocenters. The Morgan fingerprint density at radius 1 is 1.21 bits per heavy atom. The lowest BCUT2D eigenvalue weighted by molar-refractivity contribution is -0.0194. The Hall–Kier alpha value is -0.120. The van der Waals surface area contributed by atoms with Gasteiger partial charge < -0.3 is 10.6 Å². The molecule has 0 bridgehead atoms. The maximum Gasteiger partial charge on any atom is 0.0335 e. The first-order valence-corrected chi connectivity index (χ1v) is 8.30. The zero-order valence-electron chi connectivity index (χ0n) is 13.2. The smallest absolute Gasteiger partial charge is 0.0335 e. The first-order valence-electron chi connectivity index (χ1n) is 8.30. The van der Waals surface area contributed by atoms with E-state index < -0.39 is 0 Å². The van der Waals surface area contributed by atoms with Crippen molar-refractivity contribution >= 4 is 0 Å². The number of hydrogen-bond acceptors (Lipinski definition) is 3. The standard InChI is InChI=1S/C16H33N3/c1-4-14-7-6-8-16(11-14,13-17)19-10-9-18(3)15(5-2)12-19/h14-15H,4-13,17H2,1-3H3. The predicted octanol–water partition coefficient (Wildman–Crippen LogP) is 2.31. The van der Waals surface area contributed by atoms with E-state index in [0.717, 1.165) is 18.5 Å². The third kappa shape index (κ3) is 3.14. The zero-order valence-corrected chi connectivity index (χ0v) is 13.2. The molecule has 0 spiro atoms. The van der Waals surface area contributed by atoms with Crippen molar-refractivity contribution in [3.8, 4) is 0 Å². The molecule has 3 heteroatoms. The molecule has 112 valence electrons. The first kappa shape index (κ1) is 15.3. The van der Waals surface area contributed by atoms with E-state index in [9.17, 15) is 0 Å². The molecular weight excluding hydrogens is 234 g/mol. The van der Waals surface area contributed by atoms with Gasteiger partial charge in [0, 0.05) is 37.8 Å². The lowest BCUT2D eigenvalue weighted by Crippen LogP contribution is -2.63. The van der Waals surface area contributed by atoms with Crippen molar-refractivity contribution in [1.29, 1.82) is 0 Å². The second kappa shape index (κ2) is 6.55. The maximum absolute atomic E-state index is 6.25. The van der Waals surface area contributed by atoms with Crippen LogP contribution in [0.3, 0.4) is 0 Å². The largest absolute Gasteiger partial charge is 0.329 e. The lowest BCUT2D eigenvalue weighted by atomic mass is 9.73. The molecule has 0 aromatic rings. The number of nitrogens with two attached hydrogens (primary N) is 1. The topological polar surface area (TPSA) is 32.5 Å². The molecule has 1 saturated carbocycles. The molecular formula is C16H33N3. The fourth-order valence-electron chi connectivity index (χ4n) is 4.23. The third-order valence-corrected chi connectivity index (χ3v) is 5.80. The van der Waals surface area contributed by atoms with Gasteiger partial charge in [0.15, 0.2) is 0 Å². The molecule has 0 radical (unpaired) electrons. The van der Waals surface area contributed by atoms with E-state index in [1.807, 2.05) is 0 Å². The number of piperazine rings is 1. The predicted molar refractivity (Wildman–Crippen MR) is 82.3 cm³/mol. The van der Waals surface area contributed by atoms with Gasteiger partial charge >= 0.3 is 0 Å². The fraction of sp³-hybridized carbons (Fsp3) is 1.00. The summed E-state index contributed by atoms with van der Waals surface area (Å²) < 4.78 is 0. The molecule has 2 fully saturated rings. The summed E-state index contributed by atoms with van der Waals surface area (Å²) in [5, 5.41) is 0. The van der Waals surface area contributed by atoms with Crippen LogP contribution in [0.5, 0.6) is 0 Å². The van der Waals surface area contributed by atoms with Gasteiger partial charge in [-0.05, 0) is 32.2 Å². The van der Waals surface area contributed by atoms with E-state index in [1.54, 1.807) is 0 Å². The van der Waals surface area contributed by atoms with Crippen molar-refractivity contribution < 1.29 is 0 Å². The number of nitrogens with zero attached hydrogens (tertiary/aromatic N) is 2. The number of rotatable bonds is 4. The first-order chi connectivity index (χ1) is 9.15. The van der Waals surface area contributed by atoms with Crippen LogP contribution in [-0.2, 0) is 0 Å². The summed E-state index contributed by atoms with van der Waals surface area (Å²) in [4.78, 5) is 5.28. The Labute approximate surface area is 119 Å². The molecule has 1 heterocycles. The highest BCUT2D eigenvalue weighted by molar-refractivity contribution is 4.99. The van der Waals surface area contributed by atoms with E-state index in [-0.39, 0.29) is 0 Å². The Bertz CT molecular complexity index is 281. The molecule has 19 heavy (non-hydrogen) atoms. The molecule has 2 aliphatic rings. The molecule has 3 atom stereocenters. The zero-order chi connectivity index (χ0) is 13.9. The average Bonchev–Trinajstić information content (AvgIpc) is 2.47. The minimum absolute atomic E-state index is 0.313. The van der Waals surface area contributed by atoms with Gasteiger partial charge in [0.1, 0.15) is 0 Å². The molecule has 0 aromatic carbocycles. The molecule has 1 aliphatic heterocycles.